The zero-order valence-electron chi connectivity index (χ0n) is 16.5. The Morgan fingerprint density at radius 3 is 2.82 bits per heavy atom. The number of aryl methyl sites for hydroxylation is 1. The van der Waals surface area contributed by atoms with Gasteiger partial charge in [-0.25, -0.2) is 0 Å². The summed E-state index contributed by atoms with van der Waals surface area (Å²) in [4.78, 5) is 14.8. The molecule has 4 nitrogen and oxygen atoms in total. The van der Waals surface area contributed by atoms with Gasteiger partial charge in [-0.15, -0.1) is 0 Å². The molecule has 0 unspecified atom stereocenters. The topological polar surface area (TPSA) is 41.6 Å². The first-order valence-electron chi connectivity index (χ1n) is 10.0. The minimum Gasteiger partial charge on any atom is -0.497 e. The number of piperidine rings is 1. The van der Waals surface area contributed by atoms with E-state index in [1.54, 1.807) is 7.11 Å². The quantitative estimate of drug-likeness (QED) is 0.711. The van der Waals surface area contributed by atoms with Crippen LogP contribution < -0.4 is 10.1 Å². The first-order chi connectivity index (χ1) is 13.6. The minimum absolute atomic E-state index is 0.155. The van der Waals surface area contributed by atoms with Crippen molar-refractivity contribution < 1.29 is 9.53 Å². The summed E-state index contributed by atoms with van der Waals surface area (Å²) in [7, 11) is 1.69. The van der Waals surface area contributed by atoms with Crippen molar-refractivity contribution in [1.29, 1.82) is 0 Å². The molecular weight excluding hydrogens is 372 g/mol. The van der Waals surface area contributed by atoms with Gasteiger partial charge in [-0.1, -0.05) is 35.9 Å². The van der Waals surface area contributed by atoms with Crippen LogP contribution in [0.15, 0.2) is 48.5 Å². The van der Waals surface area contributed by atoms with E-state index in [1.807, 2.05) is 36.4 Å². The number of nitrogens with zero attached hydrogens (tertiary/aromatic N) is 1. The molecule has 150 valence electrons. The monoisotopic (exact) mass is 400 g/mol. The second-order valence-corrected chi connectivity index (χ2v) is 7.91. The van der Waals surface area contributed by atoms with Gasteiger partial charge in [-0.05, 0) is 67.6 Å². The van der Waals surface area contributed by atoms with Crippen molar-refractivity contribution in [3.05, 3.63) is 64.7 Å². The summed E-state index contributed by atoms with van der Waals surface area (Å²) in [6, 6.07) is 16.3. The van der Waals surface area contributed by atoms with Crippen LogP contribution in [0.2, 0.25) is 5.02 Å². The van der Waals surface area contributed by atoms with Gasteiger partial charge in [0.05, 0.1) is 7.11 Å². The van der Waals surface area contributed by atoms with Crippen LogP contribution in [0.3, 0.4) is 0 Å². The molecule has 1 aliphatic rings. The lowest BCUT2D eigenvalue weighted by Gasteiger charge is -2.33. The van der Waals surface area contributed by atoms with Gasteiger partial charge in [0.2, 0.25) is 5.91 Å². The van der Waals surface area contributed by atoms with E-state index < -0.39 is 0 Å². The summed E-state index contributed by atoms with van der Waals surface area (Å²) in [5.74, 6) is 1.04. The van der Waals surface area contributed by atoms with Crippen molar-refractivity contribution in [1.82, 2.24) is 10.2 Å². The number of ether oxygens (including phenoxy) is 1. The largest absolute Gasteiger partial charge is 0.497 e. The average Bonchev–Trinajstić information content (AvgIpc) is 2.70. The van der Waals surface area contributed by atoms with E-state index in [0.29, 0.717) is 6.42 Å². The molecule has 1 fully saturated rings. The molecule has 1 saturated heterocycles. The fraction of sp³-hybridized carbons (Fsp3) is 0.435. The van der Waals surface area contributed by atoms with Gasteiger partial charge in [-0.3, -0.25) is 9.69 Å². The summed E-state index contributed by atoms with van der Waals surface area (Å²) in [5.41, 5.74) is 2.47. The Labute approximate surface area is 172 Å². The van der Waals surface area contributed by atoms with E-state index >= 15 is 0 Å². The number of carbonyl (C=O) groups is 1. The molecule has 28 heavy (non-hydrogen) atoms. The van der Waals surface area contributed by atoms with Crippen molar-refractivity contribution in [3.8, 4) is 5.75 Å². The number of benzene rings is 2. The molecule has 1 aliphatic heterocycles. The van der Waals surface area contributed by atoms with E-state index in [2.05, 4.69) is 22.3 Å². The van der Waals surface area contributed by atoms with Gasteiger partial charge >= 0.3 is 0 Å². The molecule has 3 rings (SSSR count). The Morgan fingerprint density at radius 1 is 1.21 bits per heavy atom. The van der Waals surface area contributed by atoms with Crippen LogP contribution in [-0.4, -0.2) is 37.0 Å². The summed E-state index contributed by atoms with van der Waals surface area (Å²) in [6.07, 6.45) is 4.48. The normalized spacial score (nSPS) is 17.3. The maximum absolute atomic E-state index is 12.3. The third kappa shape index (κ3) is 6.54. The highest BCUT2D eigenvalue weighted by Gasteiger charge is 2.21. The summed E-state index contributed by atoms with van der Waals surface area (Å²) in [5, 5.41) is 3.97. The highest BCUT2D eigenvalue weighted by Crippen LogP contribution is 2.18. The summed E-state index contributed by atoms with van der Waals surface area (Å²) in [6.45, 7) is 2.86. The third-order valence-electron chi connectivity index (χ3n) is 5.19. The molecule has 0 bridgehead atoms. The fourth-order valence-corrected chi connectivity index (χ4v) is 3.88. The zero-order valence-corrected chi connectivity index (χ0v) is 17.3. The van der Waals surface area contributed by atoms with Crippen molar-refractivity contribution in [2.75, 3.05) is 20.2 Å². The van der Waals surface area contributed by atoms with Gasteiger partial charge in [0.15, 0.2) is 0 Å². The fourth-order valence-electron chi connectivity index (χ4n) is 3.75. The molecule has 1 heterocycles. The maximum atomic E-state index is 12.3. The van der Waals surface area contributed by atoms with Gasteiger partial charge in [-0.2, -0.15) is 0 Å². The predicted molar refractivity (Wildman–Crippen MR) is 114 cm³/mol. The second kappa shape index (κ2) is 10.5. The lowest BCUT2D eigenvalue weighted by atomic mass is 10.0. The Morgan fingerprint density at radius 2 is 2.04 bits per heavy atom. The number of hydrogen-bond donors (Lipinski definition) is 1. The number of nitrogens with one attached hydrogen (secondary N) is 1. The molecule has 1 atom stereocenters. The van der Waals surface area contributed by atoms with Gasteiger partial charge in [0.25, 0.3) is 0 Å². The van der Waals surface area contributed by atoms with E-state index in [-0.39, 0.29) is 11.9 Å². The number of rotatable bonds is 8. The molecule has 5 heteroatoms. The molecular formula is C23H29ClN2O2. The molecule has 0 spiro atoms. The third-order valence-corrected chi connectivity index (χ3v) is 5.45. The Kier molecular flexibility index (Phi) is 7.75. The second-order valence-electron chi connectivity index (χ2n) is 7.47. The van der Waals surface area contributed by atoms with Crippen LogP contribution in [0.5, 0.6) is 5.75 Å². The number of halogens is 1. The first-order valence-corrected chi connectivity index (χ1v) is 10.4. The average molecular weight is 401 g/mol. The van der Waals surface area contributed by atoms with E-state index in [1.165, 1.54) is 11.1 Å². The smallest absolute Gasteiger partial charge is 0.220 e. The van der Waals surface area contributed by atoms with Crippen molar-refractivity contribution >= 4 is 17.5 Å². The molecule has 0 radical (unpaired) electrons. The number of amides is 1. The first kappa shape index (κ1) is 20.7. The predicted octanol–water partition coefficient (Wildman–Crippen LogP) is 4.45. The SMILES string of the molecule is COc1cccc(CN2CCC[C@H](NC(=O)CCCc3ccc(Cl)cc3)C2)c1. The van der Waals surface area contributed by atoms with Crippen LogP contribution >= 0.6 is 11.6 Å². The summed E-state index contributed by atoms with van der Waals surface area (Å²) < 4.78 is 5.31. The van der Waals surface area contributed by atoms with Crippen LogP contribution in [-0.2, 0) is 17.8 Å². The molecule has 0 aliphatic carbocycles. The van der Waals surface area contributed by atoms with E-state index in [0.717, 1.165) is 56.1 Å². The highest BCUT2D eigenvalue weighted by atomic mass is 35.5. The molecule has 2 aromatic carbocycles. The lowest BCUT2D eigenvalue weighted by molar-refractivity contribution is -0.122. The lowest BCUT2D eigenvalue weighted by Crippen LogP contribution is -2.47. The van der Waals surface area contributed by atoms with Crippen LogP contribution in [0.1, 0.15) is 36.8 Å². The molecule has 2 aromatic rings. The molecule has 0 aromatic heterocycles. The van der Waals surface area contributed by atoms with E-state index in [4.69, 9.17) is 16.3 Å². The molecule has 0 saturated carbocycles. The molecule has 1 N–H and O–H groups in total. The zero-order chi connectivity index (χ0) is 19.8. The van der Waals surface area contributed by atoms with Gasteiger partial charge < -0.3 is 10.1 Å². The minimum atomic E-state index is 0.155. The number of carbonyl (C=O) groups excluding carboxylic acids is 1. The Balaban J connectivity index is 1.41. The van der Waals surface area contributed by atoms with Crippen molar-refractivity contribution in [2.45, 2.75) is 44.7 Å². The van der Waals surface area contributed by atoms with Crippen LogP contribution in [0.25, 0.3) is 0 Å². The standard InChI is InChI=1S/C23H29ClN2O2/c1-28-22-8-2-6-19(15-22)16-26-14-4-7-21(17-26)25-23(27)9-3-5-18-10-12-20(24)13-11-18/h2,6,8,10-13,15,21H,3-5,7,9,14,16-17H2,1H3,(H,25,27)/t21-/m0/s1. The van der Waals surface area contributed by atoms with Crippen molar-refractivity contribution in [2.24, 2.45) is 0 Å². The van der Waals surface area contributed by atoms with Gasteiger partial charge in [0.1, 0.15) is 5.75 Å². The van der Waals surface area contributed by atoms with Crippen molar-refractivity contribution in [3.63, 3.8) is 0 Å². The number of likely N-dealkylation sites (tertiary alicyclic amines) is 1. The van der Waals surface area contributed by atoms with Crippen LogP contribution in [0, 0.1) is 0 Å². The van der Waals surface area contributed by atoms with E-state index in [9.17, 15) is 4.79 Å². The number of hydrogen-bond acceptors (Lipinski definition) is 3. The highest BCUT2D eigenvalue weighted by molar-refractivity contribution is 6.30. The Bertz CT molecular complexity index is 763. The maximum Gasteiger partial charge on any atom is 0.220 e. The van der Waals surface area contributed by atoms with Gasteiger partial charge in [0, 0.05) is 30.6 Å². The number of methoxy groups -OCH3 is 1. The Hall–Kier alpha value is -2.04. The summed E-state index contributed by atoms with van der Waals surface area (Å²) >= 11 is 5.91. The molecule has 1 amide bonds. The van der Waals surface area contributed by atoms with Crippen LogP contribution in [0.4, 0.5) is 0 Å².